The Balaban J connectivity index is 2.06. The van der Waals surface area contributed by atoms with Gasteiger partial charge in [0.15, 0.2) is 0 Å². The summed E-state index contributed by atoms with van der Waals surface area (Å²) in [5, 5.41) is 9.86. The van der Waals surface area contributed by atoms with Crippen LogP contribution < -0.4 is 0 Å². The zero-order valence-electron chi connectivity index (χ0n) is 10.4. The lowest BCUT2D eigenvalue weighted by Gasteiger charge is -2.33. The van der Waals surface area contributed by atoms with Crippen LogP contribution in [-0.2, 0) is 5.41 Å². The van der Waals surface area contributed by atoms with Gasteiger partial charge in [0, 0.05) is 0 Å². The lowest BCUT2D eigenvalue weighted by Crippen LogP contribution is -2.28. The van der Waals surface area contributed by atoms with Gasteiger partial charge in [-0.3, -0.25) is 0 Å². The third-order valence-corrected chi connectivity index (χ3v) is 5.51. The Kier molecular flexibility index (Phi) is 1.80. The zero-order valence-corrected chi connectivity index (χ0v) is 10.4. The molecule has 2 fully saturated rings. The average molecular weight is 216 g/mol. The first-order valence-electron chi connectivity index (χ1n) is 6.27. The molecule has 0 bridgehead atoms. The molecule has 0 unspecified atom stereocenters. The highest BCUT2D eigenvalue weighted by molar-refractivity contribution is 5.42. The highest BCUT2D eigenvalue weighted by Crippen LogP contribution is 2.72. The Morgan fingerprint density at radius 3 is 2.56 bits per heavy atom. The first-order chi connectivity index (χ1) is 7.47. The van der Waals surface area contributed by atoms with Gasteiger partial charge in [-0.25, -0.2) is 0 Å². The summed E-state index contributed by atoms with van der Waals surface area (Å²) in [6, 6.07) is 6.25. The van der Waals surface area contributed by atoms with Gasteiger partial charge >= 0.3 is 0 Å². The van der Waals surface area contributed by atoms with Crippen LogP contribution in [0.1, 0.15) is 44.2 Å². The molecule has 2 aliphatic rings. The quantitative estimate of drug-likeness (QED) is 0.757. The molecule has 0 spiro atoms. The van der Waals surface area contributed by atoms with Crippen molar-refractivity contribution in [3.8, 4) is 5.75 Å². The largest absolute Gasteiger partial charge is 0.508 e. The predicted octanol–water partition coefficient (Wildman–Crippen LogP) is 3.78. The summed E-state index contributed by atoms with van der Waals surface area (Å²) in [5.41, 5.74) is 3.08. The molecule has 86 valence electrons. The summed E-state index contributed by atoms with van der Waals surface area (Å²) in [4.78, 5) is 0. The molecule has 0 saturated heterocycles. The van der Waals surface area contributed by atoms with Crippen LogP contribution in [0, 0.1) is 18.3 Å². The summed E-state index contributed by atoms with van der Waals surface area (Å²) in [6.45, 7) is 6.75. The molecule has 1 aromatic rings. The summed E-state index contributed by atoms with van der Waals surface area (Å²) < 4.78 is 0. The van der Waals surface area contributed by atoms with Gasteiger partial charge in [0.05, 0.1) is 0 Å². The maximum Gasteiger partial charge on any atom is 0.118 e. The minimum Gasteiger partial charge on any atom is -0.508 e. The van der Waals surface area contributed by atoms with Crippen LogP contribution >= 0.6 is 0 Å². The van der Waals surface area contributed by atoms with Gasteiger partial charge in [-0.1, -0.05) is 26.0 Å². The topological polar surface area (TPSA) is 20.2 Å². The van der Waals surface area contributed by atoms with E-state index in [-0.39, 0.29) is 5.41 Å². The molecule has 3 rings (SSSR count). The predicted molar refractivity (Wildman–Crippen MR) is 65.6 cm³/mol. The van der Waals surface area contributed by atoms with E-state index < -0.39 is 0 Å². The lowest BCUT2D eigenvalue weighted by molar-refractivity contribution is 0.310. The number of hydrogen-bond acceptors (Lipinski definition) is 1. The fraction of sp³-hybridized carbons (Fsp3) is 0.600. The van der Waals surface area contributed by atoms with Crippen molar-refractivity contribution in [3.63, 3.8) is 0 Å². The number of rotatable bonds is 1. The van der Waals surface area contributed by atoms with E-state index in [0.29, 0.717) is 11.2 Å². The Hall–Kier alpha value is -0.980. The SMILES string of the molecule is Cc1ccc([C@@]2(C)CC[C@H]3C[C@]32C)cc1O. The number of benzene rings is 1. The average Bonchev–Trinajstić information content (AvgIpc) is 2.85. The number of phenols is 1. The van der Waals surface area contributed by atoms with E-state index in [2.05, 4.69) is 26.0 Å². The Bertz CT molecular complexity index is 449. The molecule has 1 N–H and O–H groups in total. The van der Waals surface area contributed by atoms with Crippen LogP contribution in [-0.4, -0.2) is 5.11 Å². The van der Waals surface area contributed by atoms with Crippen LogP contribution in [0.5, 0.6) is 5.75 Å². The molecular weight excluding hydrogens is 196 g/mol. The maximum atomic E-state index is 9.86. The number of hydrogen-bond donors (Lipinski definition) is 1. The van der Waals surface area contributed by atoms with Crippen LogP contribution in [0.15, 0.2) is 18.2 Å². The molecule has 16 heavy (non-hydrogen) atoms. The van der Waals surface area contributed by atoms with Crippen molar-refractivity contribution in [1.82, 2.24) is 0 Å². The van der Waals surface area contributed by atoms with Crippen molar-refractivity contribution in [3.05, 3.63) is 29.3 Å². The first kappa shape index (κ1) is 10.2. The second-order valence-electron chi connectivity index (χ2n) is 6.19. The van der Waals surface area contributed by atoms with Crippen molar-refractivity contribution in [2.75, 3.05) is 0 Å². The van der Waals surface area contributed by atoms with Crippen LogP contribution in [0.25, 0.3) is 0 Å². The lowest BCUT2D eigenvalue weighted by atomic mass is 9.70. The van der Waals surface area contributed by atoms with E-state index in [0.717, 1.165) is 11.5 Å². The van der Waals surface area contributed by atoms with E-state index in [4.69, 9.17) is 0 Å². The smallest absolute Gasteiger partial charge is 0.118 e. The van der Waals surface area contributed by atoms with Crippen molar-refractivity contribution < 1.29 is 5.11 Å². The molecule has 1 heteroatoms. The third kappa shape index (κ3) is 1.07. The van der Waals surface area contributed by atoms with Crippen molar-refractivity contribution >= 4 is 0 Å². The van der Waals surface area contributed by atoms with Crippen LogP contribution in [0.4, 0.5) is 0 Å². The molecule has 2 saturated carbocycles. The van der Waals surface area contributed by atoms with E-state index in [1.165, 1.54) is 24.8 Å². The second-order valence-corrected chi connectivity index (χ2v) is 6.19. The van der Waals surface area contributed by atoms with E-state index in [1.807, 2.05) is 13.0 Å². The van der Waals surface area contributed by atoms with Gasteiger partial charge in [-0.2, -0.15) is 0 Å². The monoisotopic (exact) mass is 216 g/mol. The second kappa shape index (κ2) is 2.82. The highest BCUT2D eigenvalue weighted by atomic mass is 16.3. The normalized spacial score (nSPS) is 40.8. The van der Waals surface area contributed by atoms with E-state index >= 15 is 0 Å². The molecule has 0 aromatic heterocycles. The van der Waals surface area contributed by atoms with Crippen molar-refractivity contribution in [2.45, 2.75) is 45.4 Å². The third-order valence-electron chi connectivity index (χ3n) is 5.51. The van der Waals surface area contributed by atoms with Crippen LogP contribution in [0.3, 0.4) is 0 Å². The Morgan fingerprint density at radius 1 is 1.31 bits per heavy atom. The molecule has 1 nitrogen and oxygen atoms in total. The van der Waals surface area contributed by atoms with Crippen molar-refractivity contribution in [2.24, 2.45) is 11.3 Å². The molecular formula is C15H20O. The minimum absolute atomic E-state index is 0.281. The van der Waals surface area contributed by atoms with Gasteiger partial charge in [-0.05, 0) is 60.1 Å². The molecule has 0 heterocycles. The fourth-order valence-electron chi connectivity index (χ4n) is 3.72. The highest BCUT2D eigenvalue weighted by Gasteiger charge is 2.65. The molecule has 3 atom stereocenters. The molecule has 1 aromatic carbocycles. The zero-order chi connectivity index (χ0) is 11.6. The standard InChI is InChI=1S/C15H20O/c1-10-4-5-11(8-13(10)16)14(2)7-6-12-9-15(12,14)3/h4-5,8,12,16H,6-7,9H2,1-3H3/t12-,14+,15+/m0/s1. The Morgan fingerprint density at radius 2 is 2.06 bits per heavy atom. The molecule has 0 amide bonds. The van der Waals surface area contributed by atoms with Crippen molar-refractivity contribution in [1.29, 1.82) is 0 Å². The van der Waals surface area contributed by atoms with Gasteiger partial charge in [0.2, 0.25) is 0 Å². The Labute approximate surface area is 97.5 Å². The molecule has 2 aliphatic carbocycles. The minimum atomic E-state index is 0.281. The summed E-state index contributed by atoms with van der Waals surface area (Å²) in [6.07, 6.45) is 4.01. The summed E-state index contributed by atoms with van der Waals surface area (Å²) in [5.74, 6) is 1.38. The van der Waals surface area contributed by atoms with E-state index in [1.54, 1.807) is 0 Å². The van der Waals surface area contributed by atoms with Gasteiger partial charge in [0.1, 0.15) is 5.75 Å². The molecule has 0 aliphatic heterocycles. The fourth-order valence-corrected chi connectivity index (χ4v) is 3.72. The first-order valence-corrected chi connectivity index (χ1v) is 6.27. The van der Waals surface area contributed by atoms with Gasteiger partial charge in [0.25, 0.3) is 0 Å². The summed E-state index contributed by atoms with van der Waals surface area (Å²) >= 11 is 0. The number of aryl methyl sites for hydroxylation is 1. The number of aromatic hydroxyl groups is 1. The van der Waals surface area contributed by atoms with Gasteiger partial charge < -0.3 is 5.11 Å². The van der Waals surface area contributed by atoms with Crippen LogP contribution in [0.2, 0.25) is 0 Å². The molecule has 0 radical (unpaired) electrons. The van der Waals surface area contributed by atoms with E-state index in [9.17, 15) is 5.11 Å². The number of phenolic OH excluding ortho intramolecular Hbond substituents is 1. The number of fused-ring (bicyclic) bond motifs is 1. The maximum absolute atomic E-state index is 9.86. The summed E-state index contributed by atoms with van der Waals surface area (Å²) in [7, 11) is 0. The van der Waals surface area contributed by atoms with Gasteiger partial charge in [-0.15, -0.1) is 0 Å².